The van der Waals surface area contributed by atoms with Crippen LogP contribution in [0.25, 0.3) is 10.9 Å². The lowest BCUT2D eigenvalue weighted by Gasteiger charge is -2.19. The Bertz CT molecular complexity index is 667. The molecule has 2 atom stereocenters. The Hall–Kier alpha value is -1.27. The highest BCUT2D eigenvalue weighted by atomic mass is 35.5. The minimum Gasteiger partial charge on any atom is -0.353 e. The molecule has 0 aromatic carbocycles. The molecule has 1 saturated carbocycles. The normalized spacial score (nSPS) is 21.7. The zero-order valence-corrected chi connectivity index (χ0v) is 11.3. The molecule has 2 heterocycles. The standard InChI is InChI=1S/C11H8Cl2F2N4/c1-19(6-2-5(6)14)10-4-3-16-9(12)7(15)8(4)17-11(13)18-10/h3,5-6H,2H2,1H3/t5-,6+/m1/s1. The summed E-state index contributed by atoms with van der Waals surface area (Å²) in [5.41, 5.74) is -0.0158. The van der Waals surface area contributed by atoms with Crippen LogP contribution in [-0.2, 0) is 0 Å². The van der Waals surface area contributed by atoms with Gasteiger partial charge in [-0.3, -0.25) is 0 Å². The molecule has 0 bridgehead atoms. The number of halogens is 4. The van der Waals surface area contributed by atoms with Crippen LogP contribution in [0, 0.1) is 5.82 Å². The second-order valence-electron chi connectivity index (χ2n) is 4.37. The van der Waals surface area contributed by atoms with Crippen LogP contribution in [0.15, 0.2) is 6.20 Å². The van der Waals surface area contributed by atoms with E-state index in [9.17, 15) is 8.78 Å². The first-order chi connectivity index (χ1) is 8.99. The predicted octanol–water partition coefficient (Wildman–Crippen LogP) is 3.02. The Kier molecular flexibility index (Phi) is 2.94. The van der Waals surface area contributed by atoms with Crippen LogP contribution in [0.5, 0.6) is 0 Å². The van der Waals surface area contributed by atoms with Crippen molar-refractivity contribution in [3.8, 4) is 0 Å². The average molecular weight is 305 g/mol. The molecule has 0 amide bonds. The Morgan fingerprint density at radius 3 is 2.68 bits per heavy atom. The van der Waals surface area contributed by atoms with Crippen molar-refractivity contribution < 1.29 is 8.78 Å². The molecule has 2 aromatic heterocycles. The molecule has 2 aromatic rings. The molecular weight excluding hydrogens is 297 g/mol. The molecular formula is C11H8Cl2F2N4. The molecule has 19 heavy (non-hydrogen) atoms. The van der Waals surface area contributed by atoms with E-state index in [0.717, 1.165) is 0 Å². The first-order valence-corrected chi connectivity index (χ1v) is 6.28. The van der Waals surface area contributed by atoms with E-state index in [1.54, 1.807) is 11.9 Å². The lowest BCUT2D eigenvalue weighted by molar-refractivity contribution is 0.464. The average Bonchev–Trinajstić information content (AvgIpc) is 3.10. The van der Waals surface area contributed by atoms with Crippen LogP contribution in [0.4, 0.5) is 14.6 Å². The van der Waals surface area contributed by atoms with Crippen LogP contribution in [0.1, 0.15) is 6.42 Å². The summed E-state index contributed by atoms with van der Waals surface area (Å²) in [5.74, 6) is -0.408. The molecule has 0 aliphatic heterocycles. The van der Waals surface area contributed by atoms with Crippen LogP contribution < -0.4 is 4.90 Å². The van der Waals surface area contributed by atoms with E-state index in [1.165, 1.54) is 6.20 Å². The molecule has 0 radical (unpaired) electrons. The zero-order valence-electron chi connectivity index (χ0n) is 9.74. The first-order valence-electron chi connectivity index (χ1n) is 5.53. The van der Waals surface area contributed by atoms with E-state index >= 15 is 0 Å². The van der Waals surface area contributed by atoms with Gasteiger partial charge in [-0.1, -0.05) is 11.6 Å². The number of alkyl halides is 1. The van der Waals surface area contributed by atoms with Crippen LogP contribution in [0.3, 0.4) is 0 Å². The predicted molar refractivity (Wildman–Crippen MR) is 69.0 cm³/mol. The maximum absolute atomic E-state index is 13.9. The fourth-order valence-electron chi connectivity index (χ4n) is 1.97. The van der Waals surface area contributed by atoms with E-state index in [0.29, 0.717) is 17.6 Å². The Morgan fingerprint density at radius 2 is 2.05 bits per heavy atom. The Labute approximate surface area is 117 Å². The molecule has 1 aliphatic rings. The SMILES string of the molecule is CN(c1nc(Cl)nc2c(F)c(Cl)ncc12)[C@H]1C[C@H]1F. The second kappa shape index (κ2) is 4.38. The van der Waals surface area contributed by atoms with E-state index in [-0.39, 0.29) is 22.0 Å². The summed E-state index contributed by atoms with van der Waals surface area (Å²) in [6, 6.07) is -0.270. The molecule has 0 N–H and O–H groups in total. The molecule has 3 rings (SSSR count). The van der Waals surface area contributed by atoms with Crippen molar-refractivity contribution in [1.82, 2.24) is 15.0 Å². The summed E-state index contributed by atoms with van der Waals surface area (Å²) in [6.45, 7) is 0. The van der Waals surface area contributed by atoms with Gasteiger partial charge in [0.1, 0.15) is 17.5 Å². The zero-order chi connectivity index (χ0) is 13.7. The largest absolute Gasteiger partial charge is 0.353 e. The van der Waals surface area contributed by atoms with E-state index < -0.39 is 12.0 Å². The van der Waals surface area contributed by atoms with Crippen molar-refractivity contribution in [1.29, 1.82) is 0 Å². The molecule has 0 unspecified atom stereocenters. The van der Waals surface area contributed by atoms with E-state index in [2.05, 4.69) is 15.0 Å². The number of hydrogen-bond acceptors (Lipinski definition) is 4. The van der Waals surface area contributed by atoms with Gasteiger partial charge in [0.2, 0.25) is 5.28 Å². The van der Waals surface area contributed by atoms with Crippen molar-refractivity contribution in [3.05, 3.63) is 22.5 Å². The van der Waals surface area contributed by atoms with Gasteiger partial charge in [0.15, 0.2) is 11.0 Å². The molecule has 0 spiro atoms. The van der Waals surface area contributed by atoms with E-state index in [1.807, 2.05) is 0 Å². The van der Waals surface area contributed by atoms with Crippen LogP contribution in [-0.4, -0.2) is 34.2 Å². The topological polar surface area (TPSA) is 41.9 Å². The highest BCUT2D eigenvalue weighted by Crippen LogP contribution is 2.36. The van der Waals surface area contributed by atoms with Gasteiger partial charge in [0.05, 0.1) is 11.4 Å². The molecule has 1 aliphatic carbocycles. The Morgan fingerprint density at radius 1 is 1.37 bits per heavy atom. The summed E-state index contributed by atoms with van der Waals surface area (Å²) in [5, 5.41) is -0.0508. The maximum atomic E-state index is 13.9. The summed E-state index contributed by atoms with van der Waals surface area (Å²) in [6.07, 6.45) is 0.876. The molecule has 0 saturated heterocycles. The number of aromatic nitrogens is 3. The van der Waals surface area contributed by atoms with Gasteiger partial charge in [0.25, 0.3) is 0 Å². The van der Waals surface area contributed by atoms with Crippen LogP contribution >= 0.6 is 23.2 Å². The fourth-order valence-corrected chi connectivity index (χ4v) is 2.27. The minimum absolute atomic E-state index is 0.0158. The molecule has 4 nitrogen and oxygen atoms in total. The molecule has 8 heteroatoms. The molecule has 1 fully saturated rings. The first kappa shape index (κ1) is 12.7. The van der Waals surface area contributed by atoms with Crippen molar-refractivity contribution >= 4 is 39.9 Å². The highest BCUT2D eigenvalue weighted by molar-refractivity contribution is 6.30. The summed E-state index contributed by atoms with van der Waals surface area (Å²) < 4.78 is 27.0. The van der Waals surface area contributed by atoms with Crippen molar-refractivity contribution in [3.63, 3.8) is 0 Å². The van der Waals surface area contributed by atoms with Gasteiger partial charge >= 0.3 is 0 Å². The van der Waals surface area contributed by atoms with Gasteiger partial charge in [-0.15, -0.1) is 0 Å². The third kappa shape index (κ3) is 2.08. The highest BCUT2D eigenvalue weighted by Gasteiger charge is 2.42. The maximum Gasteiger partial charge on any atom is 0.225 e. The number of anilines is 1. The third-order valence-electron chi connectivity index (χ3n) is 3.11. The number of hydrogen-bond donors (Lipinski definition) is 0. The third-order valence-corrected chi connectivity index (χ3v) is 3.54. The fraction of sp³-hybridized carbons (Fsp3) is 0.364. The van der Waals surface area contributed by atoms with Gasteiger partial charge < -0.3 is 4.90 Å². The quantitative estimate of drug-likeness (QED) is 0.632. The minimum atomic E-state index is -0.904. The molecule has 100 valence electrons. The number of pyridine rings is 1. The van der Waals surface area contributed by atoms with Crippen molar-refractivity contribution in [2.24, 2.45) is 0 Å². The number of rotatable bonds is 2. The van der Waals surface area contributed by atoms with Gasteiger partial charge in [-0.05, 0) is 11.6 Å². The van der Waals surface area contributed by atoms with E-state index in [4.69, 9.17) is 23.2 Å². The lowest BCUT2D eigenvalue weighted by atomic mass is 10.2. The van der Waals surface area contributed by atoms with Gasteiger partial charge in [-0.25, -0.2) is 18.7 Å². The number of fused-ring (bicyclic) bond motifs is 1. The summed E-state index contributed by atoms with van der Waals surface area (Å²) >= 11 is 11.4. The second-order valence-corrected chi connectivity index (χ2v) is 5.07. The summed E-state index contributed by atoms with van der Waals surface area (Å²) in [4.78, 5) is 13.2. The monoisotopic (exact) mass is 304 g/mol. The van der Waals surface area contributed by atoms with Crippen molar-refractivity contribution in [2.75, 3.05) is 11.9 Å². The smallest absolute Gasteiger partial charge is 0.225 e. The lowest BCUT2D eigenvalue weighted by Crippen LogP contribution is -2.23. The van der Waals surface area contributed by atoms with Gasteiger partial charge in [-0.2, -0.15) is 4.98 Å². The van der Waals surface area contributed by atoms with Gasteiger partial charge in [0, 0.05) is 19.7 Å². The Balaban J connectivity index is 2.21. The van der Waals surface area contributed by atoms with Crippen LogP contribution in [0.2, 0.25) is 10.4 Å². The van der Waals surface area contributed by atoms with Crippen molar-refractivity contribution in [2.45, 2.75) is 18.6 Å². The summed E-state index contributed by atoms with van der Waals surface area (Å²) in [7, 11) is 1.68. The number of nitrogens with zero attached hydrogens (tertiary/aromatic N) is 4.